The maximum absolute atomic E-state index is 9.89. The third kappa shape index (κ3) is 4.90. The number of aliphatic hydroxyl groups is 3. The minimum atomic E-state index is -0.776. The molecular formula is C21H28N2O3. The van der Waals surface area contributed by atoms with Gasteiger partial charge in [0.15, 0.2) is 0 Å². The summed E-state index contributed by atoms with van der Waals surface area (Å²) in [7, 11) is 0. The molecule has 2 aromatic carbocycles. The van der Waals surface area contributed by atoms with E-state index in [2.05, 4.69) is 47.0 Å². The Bertz CT molecular complexity index is 663. The number of hydrogen-bond acceptors (Lipinski definition) is 5. The Labute approximate surface area is 154 Å². The first kappa shape index (κ1) is 19.0. The van der Waals surface area contributed by atoms with Crippen molar-refractivity contribution < 1.29 is 15.3 Å². The number of benzene rings is 2. The standard InChI is InChI=1S/C21H28N2O3/c24-14-19(22-12-18-21(26)20(25)13-23-18)17-10-8-16(9-11-17)7-6-15-4-2-1-3-5-15/h1-5,8-11,18-26H,6-7,12-14H2/t18-,19?,20+,21-/m1/s1. The molecule has 5 N–H and O–H groups in total. The summed E-state index contributed by atoms with van der Waals surface area (Å²) in [5, 5.41) is 35.5. The molecule has 0 aliphatic carbocycles. The van der Waals surface area contributed by atoms with Gasteiger partial charge in [0.1, 0.15) is 0 Å². The van der Waals surface area contributed by atoms with Crippen LogP contribution >= 0.6 is 0 Å². The van der Waals surface area contributed by atoms with Gasteiger partial charge in [-0.25, -0.2) is 0 Å². The van der Waals surface area contributed by atoms with Crippen LogP contribution in [0.15, 0.2) is 54.6 Å². The van der Waals surface area contributed by atoms with Crippen molar-refractivity contribution in [3.05, 3.63) is 71.3 Å². The van der Waals surface area contributed by atoms with Crippen LogP contribution in [0, 0.1) is 0 Å². The maximum atomic E-state index is 9.89. The van der Waals surface area contributed by atoms with E-state index in [1.54, 1.807) is 0 Å². The highest BCUT2D eigenvalue weighted by molar-refractivity contribution is 5.26. The number of hydrogen-bond donors (Lipinski definition) is 5. The van der Waals surface area contributed by atoms with Crippen LogP contribution in [-0.4, -0.2) is 53.3 Å². The number of rotatable bonds is 8. The van der Waals surface area contributed by atoms with Gasteiger partial charge in [-0.1, -0.05) is 54.6 Å². The van der Waals surface area contributed by atoms with Gasteiger partial charge in [-0.2, -0.15) is 0 Å². The van der Waals surface area contributed by atoms with Gasteiger partial charge >= 0.3 is 0 Å². The molecule has 140 valence electrons. The van der Waals surface area contributed by atoms with Crippen molar-refractivity contribution in [2.45, 2.75) is 37.1 Å². The molecule has 0 aromatic heterocycles. The normalized spacial score (nSPS) is 23.9. The van der Waals surface area contributed by atoms with Crippen LogP contribution in [0.5, 0.6) is 0 Å². The van der Waals surface area contributed by atoms with Crippen molar-refractivity contribution in [3.63, 3.8) is 0 Å². The highest BCUT2D eigenvalue weighted by Crippen LogP contribution is 2.16. The van der Waals surface area contributed by atoms with Crippen molar-refractivity contribution in [1.82, 2.24) is 10.6 Å². The van der Waals surface area contributed by atoms with Gasteiger partial charge in [0.05, 0.1) is 24.9 Å². The zero-order chi connectivity index (χ0) is 18.4. The van der Waals surface area contributed by atoms with Crippen LogP contribution in [0.1, 0.15) is 22.7 Å². The lowest BCUT2D eigenvalue weighted by Gasteiger charge is -2.22. The zero-order valence-corrected chi connectivity index (χ0v) is 14.9. The van der Waals surface area contributed by atoms with Gasteiger partial charge in [0.25, 0.3) is 0 Å². The SMILES string of the molecule is OCC(NC[C@H]1NC[C@H](O)[C@@H]1O)c1ccc(CCc2ccccc2)cc1. The van der Waals surface area contributed by atoms with E-state index in [0.717, 1.165) is 18.4 Å². The molecule has 2 aromatic rings. The van der Waals surface area contributed by atoms with E-state index >= 15 is 0 Å². The van der Waals surface area contributed by atoms with Gasteiger partial charge < -0.3 is 26.0 Å². The van der Waals surface area contributed by atoms with E-state index < -0.39 is 12.2 Å². The summed E-state index contributed by atoms with van der Waals surface area (Å²) < 4.78 is 0. The second-order valence-corrected chi connectivity index (χ2v) is 6.94. The molecule has 1 fully saturated rings. The lowest BCUT2D eigenvalue weighted by atomic mass is 10.0. The lowest BCUT2D eigenvalue weighted by Crippen LogP contribution is -2.43. The molecule has 0 amide bonds. The smallest absolute Gasteiger partial charge is 0.0976 e. The van der Waals surface area contributed by atoms with E-state index in [1.165, 1.54) is 11.1 Å². The fourth-order valence-corrected chi connectivity index (χ4v) is 3.38. The molecular weight excluding hydrogens is 328 g/mol. The van der Waals surface area contributed by atoms with Gasteiger partial charge in [-0.3, -0.25) is 0 Å². The third-order valence-electron chi connectivity index (χ3n) is 5.09. The summed E-state index contributed by atoms with van der Waals surface area (Å²) in [6.07, 6.45) is 0.494. The molecule has 5 heteroatoms. The van der Waals surface area contributed by atoms with E-state index in [9.17, 15) is 15.3 Å². The van der Waals surface area contributed by atoms with Crippen LogP contribution in [0.4, 0.5) is 0 Å². The molecule has 3 rings (SSSR count). The Morgan fingerprint density at radius 1 is 0.962 bits per heavy atom. The molecule has 1 unspecified atom stereocenters. The second kappa shape index (κ2) is 9.26. The van der Waals surface area contributed by atoms with E-state index in [4.69, 9.17) is 0 Å². The predicted molar refractivity (Wildman–Crippen MR) is 102 cm³/mol. The predicted octanol–water partition coefficient (Wildman–Crippen LogP) is 0.788. The molecule has 0 spiro atoms. The largest absolute Gasteiger partial charge is 0.394 e. The first-order chi connectivity index (χ1) is 12.7. The number of aryl methyl sites for hydroxylation is 2. The highest BCUT2D eigenvalue weighted by atomic mass is 16.3. The van der Waals surface area contributed by atoms with Crippen LogP contribution in [0.3, 0.4) is 0 Å². The Kier molecular flexibility index (Phi) is 6.77. The molecule has 0 radical (unpaired) electrons. The molecule has 0 bridgehead atoms. The van der Waals surface area contributed by atoms with Crippen molar-refractivity contribution in [2.24, 2.45) is 0 Å². The van der Waals surface area contributed by atoms with Crippen molar-refractivity contribution in [2.75, 3.05) is 19.7 Å². The summed E-state index contributed by atoms with van der Waals surface area (Å²) in [6, 6.07) is 18.3. The van der Waals surface area contributed by atoms with E-state index in [-0.39, 0.29) is 18.7 Å². The van der Waals surface area contributed by atoms with Crippen LogP contribution in [0.25, 0.3) is 0 Å². The zero-order valence-electron chi connectivity index (χ0n) is 14.9. The number of aliphatic hydroxyl groups excluding tert-OH is 3. The molecule has 1 aliphatic heterocycles. The Morgan fingerprint density at radius 3 is 2.19 bits per heavy atom. The number of nitrogens with one attached hydrogen (secondary N) is 2. The quantitative estimate of drug-likeness (QED) is 0.483. The molecule has 1 heterocycles. The minimum absolute atomic E-state index is 0.0191. The monoisotopic (exact) mass is 356 g/mol. The molecule has 4 atom stereocenters. The minimum Gasteiger partial charge on any atom is -0.394 e. The summed E-state index contributed by atoms with van der Waals surface area (Å²) in [5.74, 6) is 0. The summed E-state index contributed by atoms with van der Waals surface area (Å²) in [6.45, 7) is 0.862. The van der Waals surface area contributed by atoms with Crippen molar-refractivity contribution in [3.8, 4) is 0 Å². The van der Waals surface area contributed by atoms with E-state index in [0.29, 0.717) is 13.1 Å². The number of β-amino-alcohol motifs (C(OH)–C–C–N with tert-alkyl or cyclic N) is 1. The van der Waals surface area contributed by atoms with Crippen molar-refractivity contribution in [1.29, 1.82) is 0 Å². The highest BCUT2D eigenvalue weighted by Gasteiger charge is 2.32. The topological polar surface area (TPSA) is 84.8 Å². The van der Waals surface area contributed by atoms with Crippen molar-refractivity contribution >= 4 is 0 Å². The Morgan fingerprint density at radius 2 is 1.62 bits per heavy atom. The second-order valence-electron chi connectivity index (χ2n) is 6.94. The first-order valence-electron chi connectivity index (χ1n) is 9.24. The summed E-state index contributed by atoms with van der Waals surface area (Å²) >= 11 is 0. The van der Waals surface area contributed by atoms with Gasteiger partial charge in [0.2, 0.25) is 0 Å². The molecule has 1 aliphatic rings. The van der Waals surface area contributed by atoms with Crippen LogP contribution < -0.4 is 10.6 Å². The van der Waals surface area contributed by atoms with Crippen LogP contribution in [0.2, 0.25) is 0 Å². The van der Waals surface area contributed by atoms with E-state index in [1.807, 2.05) is 18.2 Å². The average molecular weight is 356 g/mol. The Hall–Kier alpha value is -1.76. The van der Waals surface area contributed by atoms with Crippen LogP contribution in [-0.2, 0) is 12.8 Å². The Balaban J connectivity index is 1.52. The first-order valence-corrected chi connectivity index (χ1v) is 9.24. The van der Waals surface area contributed by atoms with Gasteiger partial charge in [0, 0.05) is 19.1 Å². The third-order valence-corrected chi connectivity index (χ3v) is 5.09. The van der Waals surface area contributed by atoms with Gasteiger partial charge in [-0.05, 0) is 29.5 Å². The maximum Gasteiger partial charge on any atom is 0.0976 e. The molecule has 0 saturated carbocycles. The molecule has 1 saturated heterocycles. The fourth-order valence-electron chi connectivity index (χ4n) is 3.38. The summed E-state index contributed by atoms with van der Waals surface area (Å²) in [5.41, 5.74) is 3.62. The molecule has 26 heavy (non-hydrogen) atoms. The molecule has 5 nitrogen and oxygen atoms in total. The fraction of sp³-hybridized carbons (Fsp3) is 0.429. The lowest BCUT2D eigenvalue weighted by molar-refractivity contribution is 0.0399. The average Bonchev–Trinajstić information content (AvgIpc) is 3.01. The summed E-state index contributed by atoms with van der Waals surface area (Å²) in [4.78, 5) is 0. The van der Waals surface area contributed by atoms with Gasteiger partial charge in [-0.15, -0.1) is 0 Å².